The Morgan fingerprint density at radius 1 is 1.27 bits per heavy atom. The molecular weight excluding hydrogens is 235 g/mol. The van der Waals surface area contributed by atoms with E-state index in [-0.39, 0.29) is 29.6 Å². The van der Waals surface area contributed by atoms with E-state index in [4.69, 9.17) is 24.8 Å². The third-order valence-electron chi connectivity index (χ3n) is 2.89. The predicted molar refractivity (Wildman–Crippen MR) is 67.4 cm³/mol. The molecule has 1 aliphatic rings. The zero-order valence-corrected chi connectivity index (χ0v) is 14.0. The summed E-state index contributed by atoms with van der Waals surface area (Å²) in [6.07, 6.45) is 0. The van der Waals surface area contributed by atoms with Crippen LogP contribution in [0, 0.1) is 0 Å². The monoisotopic (exact) mass is 254 g/mol. The first-order valence-electron chi connectivity index (χ1n) is 5.16. The molecule has 0 N–H and O–H groups in total. The van der Waals surface area contributed by atoms with E-state index in [1.807, 2.05) is 0 Å². The predicted octanol–water partition coefficient (Wildman–Crippen LogP) is -1.37. The maximum atomic E-state index is 5.10. The van der Waals surface area contributed by atoms with E-state index >= 15 is 0 Å². The largest absolute Gasteiger partial charge is 1.00 e. The van der Waals surface area contributed by atoms with Crippen molar-refractivity contribution >= 4 is 29.2 Å². The summed E-state index contributed by atoms with van der Waals surface area (Å²) >= 11 is 10.2. The summed E-state index contributed by atoms with van der Waals surface area (Å²) in [5.41, 5.74) is 0. The van der Waals surface area contributed by atoms with E-state index in [9.17, 15) is 0 Å². The minimum absolute atomic E-state index is 0. The molecule has 0 spiro atoms. The van der Waals surface area contributed by atoms with Crippen LogP contribution in [0.25, 0.3) is 0 Å². The van der Waals surface area contributed by atoms with Crippen molar-refractivity contribution in [2.24, 2.45) is 0 Å². The molecule has 2 unspecified atom stereocenters. The normalized spacial score (nSPS) is 27.7. The summed E-state index contributed by atoms with van der Waals surface area (Å²) < 4.78 is 0.619. The molecule has 5 heteroatoms. The van der Waals surface area contributed by atoms with E-state index in [2.05, 4.69) is 37.5 Å². The Morgan fingerprint density at radius 2 is 1.67 bits per heavy atom. The fraction of sp³-hybridized carbons (Fsp3) is 0.900. The Hall–Kier alpha value is 1.07. The molecule has 2 nitrogen and oxygen atoms in total. The van der Waals surface area contributed by atoms with Crippen LogP contribution in [0.5, 0.6) is 0 Å². The van der Waals surface area contributed by atoms with Crippen LogP contribution in [-0.2, 0) is 12.6 Å². The number of piperazine rings is 1. The van der Waals surface area contributed by atoms with Gasteiger partial charge in [0.15, 0.2) is 0 Å². The van der Waals surface area contributed by atoms with Gasteiger partial charge in [0.1, 0.15) is 0 Å². The van der Waals surface area contributed by atoms with Gasteiger partial charge in [-0.25, -0.2) is 0 Å². The maximum Gasteiger partial charge on any atom is 1.00 e. The number of thiocarbonyl (C=S) groups is 1. The third kappa shape index (κ3) is 4.10. The minimum Gasteiger partial charge on any atom is -0.411 e. The fourth-order valence-corrected chi connectivity index (χ4v) is 2.86. The van der Waals surface area contributed by atoms with E-state index in [0.717, 1.165) is 13.1 Å². The number of nitrogens with zero attached hydrogens (tertiary/aromatic N) is 2. The van der Waals surface area contributed by atoms with E-state index < -0.39 is 0 Å². The molecule has 0 amide bonds. The second kappa shape index (κ2) is 6.72. The molecule has 0 bridgehead atoms. The Balaban J connectivity index is 0.00000196. The summed E-state index contributed by atoms with van der Waals surface area (Å²) in [6, 6.07) is 1.51. The van der Waals surface area contributed by atoms with Gasteiger partial charge in [-0.3, -0.25) is 4.90 Å². The van der Waals surface area contributed by atoms with Crippen molar-refractivity contribution in [1.29, 1.82) is 0 Å². The van der Waals surface area contributed by atoms with Crippen LogP contribution in [0.4, 0.5) is 0 Å². The molecule has 0 radical (unpaired) electrons. The molecule has 1 saturated heterocycles. The quantitative estimate of drug-likeness (QED) is 0.323. The zero-order valence-electron chi connectivity index (χ0n) is 10.4. The van der Waals surface area contributed by atoms with Crippen LogP contribution >= 0.6 is 12.2 Å². The molecule has 1 fully saturated rings. The van der Waals surface area contributed by atoms with Gasteiger partial charge < -0.3 is 29.7 Å². The zero-order chi connectivity index (χ0) is 10.9. The van der Waals surface area contributed by atoms with E-state index in [1.54, 1.807) is 0 Å². The average Bonchev–Trinajstić information content (AvgIpc) is 2.01. The van der Waals surface area contributed by atoms with Crippen molar-refractivity contribution in [3.05, 3.63) is 0 Å². The maximum absolute atomic E-state index is 5.10. The third-order valence-corrected chi connectivity index (χ3v) is 3.31. The van der Waals surface area contributed by atoms with Crippen LogP contribution < -0.4 is 29.6 Å². The summed E-state index contributed by atoms with van der Waals surface area (Å²) in [4.78, 5) is 4.67. The number of hydrogen-bond acceptors (Lipinski definition) is 3. The minimum atomic E-state index is 0. The number of rotatable bonds is 1. The molecular formula is C10H19N2NaS2. The Kier molecular flexibility index (Phi) is 7.20. The Morgan fingerprint density at radius 3 is 1.93 bits per heavy atom. The van der Waals surface area contributed by atoms with Crippen molar-refractivity contribution < 1.29 is 29.6 Å². The Labute approximate surface area is 126 Å². The smallest absolute Gasteiger partial charge is 0.411 e. The SMILES string of the molecule is CC(C)N1CC(C)N(C(=S)[S-])C(C)C1.[Na+]. The molecule has 0 aromatic rings. The molecule has 0 saturated carbocycles. The first kappa shape index (κ1) is 16.1. The summed E-state index contributed by atoms with van der Waals surface area (Å²) in [5.74, 6) is 0. The molecule has 2 atom stereocenters. The van der Waals surface area contributed by atoms with Gasteiger partial charge in [-0.15, -0.1) is 0 Å². The molecule has 1 aliphatic heterocycles. The van der Waals surface area contributed by atoms with Gasteiger partial charge in [0, 0.05) is 31.2 Å². The molecule has 15 heavy (non-hydrogen) atoms. The van der Waals surface area contributed by atoms with Crippen LogP contribution in [0.2, 0.25) is 0 Å². The Bertz CT molecular complexity index is 211. The second-order valence-electron chi connectivity index (χ2n) is 4.42. The second-order valence-corrected chi connectivity index (χ2v) is 5.45. The fourth-order valence-electron chi connectivity index (χ4n) is 2.15. The molecule has 0 aliphatic carbocycles. The van der Waals surface area contributed by atoms with Gasteiger partial charge in [-0.1, -0.05) is 4.32 Å². The topological polar surface area (TPSA) is 6.48 Å². The number of hydrogen-bond donors (Lipinski definition) is 0. The van der Waals surface area contributed by atoms with E-state index in [0.29, 0.717) is 22.4 Å². The first-order valence-corrected chi connectivity index (χ1v) is 5.98. The van der Waals surface area contributed by atoms with Crippen molar-refractivity contribution in [1.82, 2.24) is 9.80 Å². The van der Waals surface area contributed by atoms with Gasteiger partial charge in [-0.2, -0.15) is 0 Å². The van der Waals surface area contributed by atoms with E-state index in [1.165, 1.54) is 0 Å². The molecule has 0 aromatic carbocycles. The van der Waals surface area contributed by atoms with Crippen LogP contribution in [-0.4, -0.2) is 45.3 Å². The standard InChI is InChI=1S/C10H20N2S2.Na/c1-7(2)11-5-8(3)12(10(13)14)9(4)6-11;/h7-9H,5-6H2,1-4H3,(H,13,14);/q;+1/p-1. The first-order chi connectivity index (χ1) is 6.43. The van der Waals surface area contributed by atoms with Crippen molar-refractivity contribution in [3.8, 4) is 0 Å². The van der Waals surface area contributed by atoms with Crippen molar-refractivity contribution in [2.75, 3.05) is 13.1 Å². The van der Waals surface area contributed by atoms with Crippen LogP contribution in [0.1, 0.15) is 27.7 Å². The van der Waals surface area contributed by atoms with Gasteiger partial charge in [-0.05, 0) is 27.7 Å². The van der Waals surface area contributed by atoms with Gasteiger partial charge >= 0.3 is 29.6 Å². The van der Waals surface area contributed by atoms with Crippen molar-refractivity contribution in [2.45, 2.75) is 45.8 Å². The summed E-state index contributed by atoms with van der Waals surface area (Å²) in [6.45, 7) is 11.0. The van der Waals surface area contributed by atoms with Crippen molar-refractivity contribution in [3.63, 3.8) is 0 Å². The van der Waals surface area contributed by atoms with Gasteiger partial charge in [0.2, 0.25) is 0 Å². The molecule has 1 rings (SSSR count). The average molecular weight is 254 g/mol. The summed E-state index contributed by atoms with van der Waals surface area (Å²) in [7, 11) is 0. The van der Waals surface area contributed by atoms with Gasteiger partial charge in [0.05, 0.1) is 0 Å². The van der Waals surface area contributed by atoms with Crippen LogP contribution in [0.3, 0.4) is 0 Å². The van der Waals surface area contributed by atoms with Crippen LogP contribution in [0.15, 0.2) is 0 Å². The molecule has 82 valence electrons. The van der Waals surface area contributed by atoms with Gasteiger partial charge in [0.25, 0.3) is 0 Å². The summed E-state index contributed by atoms with van der Waals surface area (Å²) in [5, 5.41) is 0. The molecule has 0 aromatic heterocycles. The molecule has 1 heterocycles.